The molecule has 1 aromatic heterocycles. The molecule has 0 saturated carbocycles. The number of benzene rings is 2. The van der Waals surface area contributed by atoms with E-state index < -0.39 is 0 Å². The summed E-state index contributed by atoms with van der Waals surface area (Å²) < 4.78 is 30.0. The first-order valence-corrected chi connectivity index (χ1v) is 7.34. The second-order valence-electron chi connectivity index (χ2n) is 5.31. The highest BCUT2D eigenvalue weighted by molar-refractivity contribution is 5.88. The molecule has 5 heteroatoms. The van der Waals surface area contributed by atoms with Crippen LogP contribution < -0.4 is 14.9 Å². The van der Waals surface area contributed by atoms with Gasteiger partial charge in [-0.25, -0.2) is 4.39 Å². The highest BCUT2D eigenvalue weighted by Crippen LogP contribution is 2.37. The van der Waals surface area contributed by atoms with Crippen LogP contribution in [0.5, 0.6) is 11.5 Å². The Morgan fingerprint density at radius 2 is 1.74 bits per heavy atom. The van der Waals surface area contributed by atoms with Gasteiger partial charge in [0.15, 0.2) is 11.3 Å². The van der Waals surface area contributed by atoms with Crippen LogP contribution in [0, 0.1) is 5.82 Å². The number of halogens is 1. The molecule has 0 unspecified atom stereocenters. The molecule has 0 atom stereocenters. The molecular weight excluding hydrogens is 299 g/mol. The number of fused-ring (bicyclic) bond motifs is 3. The fraction of sp³-hybridized carbons (Fsp3) is 0.167. The number of hydrogen-bond acceptors (Lipinski definition) is 4. The van der Waals surface area contributed by atoms with Crippen molar-refractivity contribution in [3.63, 3.8) is 0 Å². The molecule has 0 spiro atoms. The molecule has 0 saturated heterocycles. The zero-order chi connectivity index (χ0) is 15.8. The molecule has 0 bridgehead atoms. The molecule has 0 N–H and O–H groups in total. The lowest BCUT2D eigenvalue weighted by atomic mass is 10.1. The van der Waals surface area contributed by atoms with Gasteiger partial charge in [0.25, 0.3) is 0 Å². The van der Waals surface area contributed by atoms with Gasteiger partial charge in [0, 0.05) is 6.42 Å². The Balaban J connectivity index is 1.92. The molecule has 116 valence electrons. The molecule has 4 nitrogen and oxygen atoms in total. The number of rotatable bonds is 1. The first-order valence-electron chi connectivity index (χ1n) is 7.34. The van der Waals surface area contributed by atoms with Crippen LogP contribution in [-0.4, -0.2) is 13.2 Å². The summed E-state index contributed by atoms with van der Waals surface area (Å²) >= 11 is 0. The topological polar surface area (TPSA) is 48.7 Å². The monoisotopic (exact) mass is 312 g/mol. The summed E-state index contributed by atoms with van der Waals surface area (Å²) in [7, 11) is 0. The molecule has 0 fully saturated rings. The summed E-state index contributed by atoms with van der Waals surface area (Å²) in [6.45, 7) is 1.08. The van der Waals surface area contributed by atoms with Crippen LogP contribution in [0.25, 0.3) is 22.1 Å². The minimum Gasteiger partial charge on any atom is -0.489 e. The first kappa shape index (κ1) is 13.8. The largest absolute Gasteiger partial charge is 0.489 e. The molecular formula is C18H13FO4. The SMILES string of the molecule is O=c1c(-c2ccc(F)cc2)coc2c3c(ccc12)OCCCO3. The van der Waals surface area contributed by atoms with E-state index >= 15 is 0 Å². The molecule has 1 aliphatic heterocycles. The van der Waals surface area contributed by atoms with Crippen LogP contribution in [-0.2, 0) is 0 Å². The Bertz CT molecular complexity index is 928. The van der Waals surface area contributed by atoms with E-state index in [0.29, 0.717) is 46.8 Å². The summed E-state index contributed by atoms with van der Waals surface area (Å²) in [5.74, 6) is 0.685. The van der Waals surface area contributed by atoms with E-state index in [4.69, 9.17) is 13.9 Å². The Morgan fingerprint density at radius 3 is 2.57 bits per heavy atom. The molecule has 23 heavy (non-hydrogen) atoms. The fourth-order valence-corrected chi connectivity index (χ4v) is 2.65. The predicted octanol–water partition coefficient (Wildman–Crippen LogP) is 3.76. The van der Waals surface area contributed by atoms with E-state index in [9.17, 15) is 9.18 Å². The third-order valence-electron chi connectivity index (χ3n) is 3.81. The van der Waals surface area contributed by atoms with Gasteiger partial charge in [-0.1, -0.05) is 12.1 Å². The van der Waals surface area contributed by atoms with Gasteiger partial charge in [-0.3, -0.25) is 4.79 Å². The van der Waals surface area contributed by atoms with E-state index in [1.165, 1.54) is 18.4 Å². The Kier molecular flexibility index (Phi) is 3.26. The zero-order valence-electron chi connectivity index (χ0n) is 12.2. The summed E-state index contributed by atoms with van der Waals surface area (Å²) in [5, 5.41) is 0.413. The Labute approximate surface area is 131 Å². The van der Waals surface area contributed by atoms with Crippen molar-refractivity contribution in [2.24, 2.45) is 0 Å². The second kappa shape index (κ2) is 5.43. The van der Waals surface area contributed by atoms with Gasteiger partial charge in [0.05, 0.1) is 24.2 Å². The van der Waals surface area contributed by atoms with Gasteiger partial charge in [0.2, 0.25) is 11.2 Å². The lowest BCUT2D eigenvalue weighted by Gasteiger charge is -2.10. The highest BCUT2D eigenvalue weighted by Gasteiger charge is 2.19. The Morgan fingerprint density at radius 1 is 0.957 bits per heavy atom. The maximum absolute atomic E-state index is 13.1. The molecule has 0 amide bonds. The first-order chi connectivity index (χ1) is 11.2. The molecule has 0 aliphatic carbocycles. The molecule has 4 rings (SSSR count). The maximum atomic E-state index is 13.1. The van der Waals surface area contributed by atoms with Crippen molar-refractivity contribution >= 4 is 11.0 Å². The minimum atomic E-state index is -0.352. The van der Waals surface area contributed by atoms with Crippen LogP contribution in [0.15, 0.2) is 51.9 Å². The van der Waals surface area contributed by atoms with E-state index in [2.05, 4.69) is 0 Å². The van der Waals surface area contributed by atoms with Crippen molar-refractivity contribution in [3.05, 3.63) is 58.7 Å². The van der Waals surface area contributed by atoms with Gasteiger partial charge in [-0.05, 0) is 29.8 Å². The summed E-state index contributed by atoms with van der Waals surface area (Å²) in [6, 6.07) is 9.11. The van der Waals surface area contributed by atoms with E-state index in [-0.39, 0.29) is 11.2 Å². The average Bonchev–Trinajstić information content (AvgIpc) is 2.82. The van der Waals surface area contributed by atoms with Crippen LogP contribution >= 0.6 is 0 Å². The van der Waals surface area contributed by atoms with Crippen molar-refractivity contribution in [3.8, 4) is 22.6 Å². The molecule has 3 aromatic rings. The molecule has 0 radical (unpaired) electrons. The van der Waals surface area contributed by atoms with Gasteiger partial charge < -0.3 is 13.9 Å². The van der Waals surface area contributed by atoms with E-state index in [1.54, 1.807) is 24.3 Å². The van der Waals surface area contributed by atoms with Crippen molar-refractivity contribution in [2.75, 3.05) is 13.2 Å². The van der Waals surface area contributed by atoms with E-state index in [1.807, 2.05) is 0 Å². The average molecular weight is 312 g/mol. The second-order valence-corrected chi connectivity index (χ2v) is 5.31. The highest BCUT2D eigenvalue weighted by atomic mass is 19.1. The van der Waals surface area contributed by atoms with Crippen molar-refractivity contribution in [1.29, 1.82) is 0 Å². The smallest absolute Gasteiger partial charge is 0.204 e. The van der Waals surface area contributed by atoms with Crippen molar-refractivity contribution < 1.29 is 18.3 Å². The summed E-state index contributed by atoms with van der Waals surface area (Å²) in [6.07, 6.45) is 2.15. The van der Waals surface area contributed by atoms with Crippen LogP contribution in [0.1, 0.15) is 6.42 Å². The lowest BCUT2D eigenvalue weighted by Crippen LogP contribution is -2.06. The van der Waals surface area contributed by atoms with Crippen molar-refractivity contribution in [1.82, 2.24) is 0 Å². The lowest BCUT2D eigenvalue weighted by molar-refractivity contribution is 0.296. The summed E-state index contributed by atoms with van der Waals surface area (Å²) in [4.78, 5) is 12.7. The minimum absolute atomic E-state index is 0.187. The van der Waals surface area contributed by atoms with Gasteiger partial charge in [-0.2, -0.15) is 0 Å². The Hall–Kier alpha value is -2.82. The van der Waals surface area contributed by atoms with E-state index in [0.717, 1.165) is 6.42 Å². The van der Waals surface area contributed by atoms with Crippen molar-refractivity contribution in [2.45, 2.75) is 6.42 Å². The van der Waals surface area contributed by atoms with Gasteiger partial charge in [0.1, 0.15) is 12.1 Å². The molecule has 1 aliphatic rings. The number of ether oxygens (including phenoxy) is 2. The predicted molar refractivity (Wildman–Crippen MR) is 83.5 cm³/mol. The summed E-state index contributed by atoms with van der Waals surface area (Å²) in [5.41, 5.74) is 1.18. The third-order valence-corrected chi connectivity index (χ3v) is 3.81. The zero-order valence-corrected chi connectivity index (χ0v) is 12.2. The normalized spacial score (nSPS) is 13.8. The quantitative estimate of drug-likeness (QED) is 0.686. The number of hydrogen-bond donors (Lipinski definition) is 0. The molecule has 2 heterocycles. The van der Waals surface area contributed by atoms with Crippen LogP contribution in [0.2, 0.25) is 0 Å². The fourth-order valence-electron chi connectivity index (χ4n) is 2.65. The molecule has 2 aromatic carbocycles. The maximum Gasteiger partial charge on any atom is 0.204 e. The standard InChI is InChI=1S/C18H13FO4/c19-12-4-2-11(3-5-12)14-10-23-17-13(16(14)20)6-7-15-18(17)22-9-1-8-21-15/h2-7,10H,1,8-9H2. The van der Waals surface area contributed by atoms with Gasteiger partial charge >= 0.3 is 0 Å². The van der Waals surface area contributed by atoms with Crippen LogP contribution in [0.3, 0.4) is 0 Å². The van der Waals surface area contributed by atoms with Crippen LogP contribution in [0.4, 0.5) is 4.39 Å². The van der Waals surface area contributed by atoms with Gasteiger partial charge in [-0.15, -0.1) is 0 Å². The third kappa shape index (κ3) is 2.34.